The van der Waals surface area contributed by atoms with Crippen LogP contribution < -0.4 is 4.74 Å². The van der Waals surface area contributed by atoms with Gasteiger partial charge in [0.25, 0.3) is 0 Å². The number of methoxy groups -OCH3 is 1. The largest absolute Gasteiger partial charge is 0.497 e. The Morgan fingerprint density at radius 2 is 2.00 bits per heavy atom. The lowest BCUT2D eigenvalue weighted by Gasteiger charge is -2.51. The highest BCUT2D eigenvalue weighted by molar-refractivity contribution is 5.56. The van der Waals surface area contributed by atoms with E-state index >= 15 is 0 Å². The minimum absolute atomic E-state index is 0.666. The molecule has 0 bridgehead atoms. The van der Waals surface area contributed by atoms with E-state index < -0.39 is 11.0 Å². The highest BCUT2D eigenvalue weighted by Crippen LogP contribution is 2.53. The number of hydrogen-bond donors (Lipinski definition) is 1. The van der Waals surface area contributed by atoms with Gasteiger partial charge in [-0.15, -0.1) is 0 Å². The molecule has 2 aliphatic rings. The molecular formula is C16H19NO2. The van der Waals surface area contributed by atoms with Crippen molar-refractivity contribution in [3.63, 3.8) is 0 Å². The molecule has 19 heavy (non-hydrogen) atoms. The monoisotopic (exact) mass is 257 g/mol. The molecule has 3 rings (SSSR count). The van der Waals surface area contributed by atoms with Crippen molar-refractivity contribution in [2.24, 2.45) is 0 Å². The molecule has 1 aromatic rings. The molecule has 0 radical (unpaired) electrons. The Bertz CT molecular complexity index is 540. The Hall–Kier alpha value is -1.53. The molecule has 0 saturated heterocycles. The third kappa shape index (κ3) is 1.60. The van der Waals surface area contributed by atoms with Gasteiger partial charge in [-0.05, 0) is 42.5 Å². The second-order valence-electron chi connectivity index (χ2n) is 5.81. The van der Waals surface area contributed by atoms with E-state index in [1.54, 1.807) is 7.11 Å². The van der Waals surface area contributed by atoms with Gasteiger partial charge in [-0.2, -0.15) is 5.26 Å². The molecule has 0 aromatic heterocycles. The fourth-order valence-electron chi connectivity index (χ4n) is 3.69. The predicted molar refractivity (Wildman–Crippen MR) is 72.0 cm³/mol. The number of hydrogen-bond acceptors (Lipinski definition) is 3. The third-order valence-corrected chi connectivity index (χ3v) is 4.90. The Morgan fingerprint density at radius 3 is 2.63 bits per heavy atom. The zero-order valence-corrected chi connectivity index (χ0v) is 11.3. The fraction of sp³-hybridized carbons (Fsp3) is 0.562. The lowest BCUT2D eigenvalue weighted by atomic mass is 9.53. The maximum Gasteiger partial charge on any atom is 0.119 e. The van der Waals surface area contributed by atoms with Gasteiger partial charge in [-0.1, -0.05) is 25.3 Å². The molecule has 1 atom stereocenters. The number of nitrogens with zero attached hydrogens (tertiary/aromatic N) is 1. The van der Waals surface area contributed by atoms with E-state index in [1.165, 1.54) is 5.56 Å². The van der Waals surface area contributed by atoms with Crippen LogP contribution in [-0.2, 0) is 11.8 Å². The molecule has 3 heteroatoms. The van der Waals surface area contributed by atoms with Crippen molar-refractivity contribution in [3.8, 4) is 11.8 Å². The van der Waals surface area contributed by atoms with Crippen LogP contribution >= 0.6 is 0 Å². The fourth-order valence-corrected chi connectivity index (χ4v) is 3.69. The lowest BCUT2D eigenvalue weighted by Crippen LogP contribution is -2.58. The molecule has 0 heterocycles. The number of aliphatic hydroxyl groups is 1. The summed E-state index contributed by atoms with van der Waals surface area (Å²) in [4.78, 5) is 0. The van der Waals surface area contributed by atoms with Crippen LogP contribution in [0.4, 0.5) is 0 Å². The summed E-state index contributed by atoms with van der Waals surface area (Å²) in [7, 11) is 1.63. The molecule has 0 spiro atoms. The normalized spacial score (nSPS) is 27.8. The van der Waals surface area contributed by atoms with Crippen molar-refractivity contribution in [1.82, 2.24) is 0 Å². The molecule has 1 saturated carbocycles. The second-order valence-corrected chi connectivity index (χ2v) is 5.81. The maximum atomic E-state index is 11.0. The Kier molecular flexibility index (Phi) is 2.79. The molecule has 3 nitrogen and oxygen atoms in total. The standard InChI is InChI=1S/C16H19NO2/c1-19-13-6-5-12-10-15(11-17,14(12)9-13)16(18)7-3-2-4-8-16/h5-6,9,18H,2-4,7-8,10H2,1H3. The van der Waals surface area contributed by atoms with Gasteiger partial charge < -0.3 is 9.84 Å². The number of benzene rings is 1. The van der Waals surface area contributed by atoms with Crippen LogP contribution in [0.1, 0.15) is 43.2 Å². The quantitative estimate of drug-likeness (QED) is 0.886. The van der Waals surface area contributed by atoms with Gasteiger partial charge in [0, 0.05) is 0 Å². The van der Waals surface area contributed by atoms with Crippen LogP contribution in [0, 0.1) is 11.3 Å². The summed E-state index contributed by atoms with van der Waals surface area (Å²) in [6, 6.07) is 8.28. The highest BCUT2D eigenvalue weighted by Gasteiger charge is 2.58. The highest BCUT2D eigenvalue weighted by atomic mass is 16.5. The minimum atomic E-state index is -0.862. The molecule has 1 fully saturated rings. The van der Waals surface area contributed by atoms with Crippen molar-refractivity contribution in [3.05, 3.63) is 29.3 Å². The van der Waals surface area contributed by atoms with Crippen LogP contribution in [0.5, 0.6) is 5.75 Å². The summed E-state index contributed by atoms with van der Waals surface area (Å²) in [6.07, 6.45) is 5.32. The average Bonchev–Trinajstić information content (AvgIpc) is 2.41. The van der Waals surface area contributed by atoms with E-state index in [-0.39, 0.29) is 0 Å². The van der Waals surface area contributed by atoms with Gasteiger partial charge in [0.1, 0.15) is 11.2 Å². The van der Waals surface area contributed by atoms with Crippen LogP contribution in [0.3, 0.4) is 0 Å². The van der Waals surface area contributed by atoms with E-state index in [4.69, 9.17) is 4.74 Å². The molecule has 0 amide bonds. The number of rotatable bonds is 2. The van der Waals surface area contributed by atoms with E-state index in [0.29, 0.717) is 6.42 Å². The van der Waals surface area contributed by atoms with E-state index in [2.05, 4.69) is 6.07 Å². The topological polar surface area (TPSA) is 53.2 Å². The van der Waals surface area contributed by atoms with E-state index in [0.717, 1.165) is 43.4 Å². The van der Waals surface area contributed by atoms with E-state index in [9.17, 15) is 10.4 Å². The smallest absolute Gasteiger partial charge is 0.119 e. The summed E-state index contributed by atoms with van der Waals surface area (Å²) in [5, 5.41) is 20.7. The Morgan fingerprint density at radius 1 is 1.26 bits per heavy atom. The van der Waals surface area contributed by atoms with Gasteiger partial charge in [0.2, 0.25) is 0 Å². The van der Waals surface area contributed by atoms with Gasteiger partial charge >= 0.3 is 0 Å². The first kappa shape index (κ1) is 12.5. The van der Waals surface area contributed by atoms with Crippen molar-refractivity contribution < 1.29 is 9.84 Å². The van der Waals surface area contributed by atoms with Crippen molar-refractivity contribution in [1.29, 1.82) is 5.26 Å². The molecule has 100 valence electrons. The zero-order valence-electron chi connectivity index (χ0n) is 11.3. The van der Waals surface area contributed by atoms with Crippen LogP contribution in [0.2, 0.25) is 0 Å². The van der Waals surface area contributed by atoms with E-state index in [1.807, 2.05) is 18.2 Å². The Balaban J connectivity index is 2.04. The third-order valence-electron chi connectivity index (χ3n) is 4.90. The molecule has 2 aliphatic carbocycles. The Labute approximate surface area is 113 Å². The summed E-state index contributed by atoms with van der Waals surface area (Å²) in [5.74, 6) is 0.762. The van der Waals surface area contributed by atoms with Crippen LogP contribution in [-0.4, -0.2) is 17.8 Å². The first-order valence-electron chi connectivity index (χ1n) is 6.96. The molecular weight excluding hydrogens is 238 g/mol. The predicted octanol–water partition coefficient (Wildman–Crippen LogP) is 2.71. The van der Waals surface area contributed by atoms with Crippen molar-refractivity contribution in [2.75, 3.05) is 7.11 Å². The van der Waals surface area contributed by atoms with Gasteiger partial charge in [-0.25, -0.2) is 0 Å². The molecule has 1 N–H and O–H groups in total. The van der Waals surface area contributed by atoms with Crippen molar-refractivity contribution in [2.45, 2.75) is 49.5 Å². The summed E-state index contributed by atoms with van der Waals surface area (Å²) in [6.45, 7) is 0. The zero-order chi connectivity index (χ0) is 13.5. The summed E-state index contributed by atoms with van der Waals surface area (Å²) in [5.41, 5.74) is 0.552. The summed E-state index contributed by atoms with van der Waals surface area (Å²) >= 11 is 0. The number of ether oxygens (including phenoxy) is 1. The lowest BCUT2D eigenvalue weighted by molar-refractivity contribution is -0.0564. The SMILES string of the molecule is COc1ccc2c(c1)C(C#N)(C1(O)CCCCC1)C2. The van der Waals surface area contributed by atoms with Gasteiger partial charge in [0.15, 0.2) is 0 Å². The summed E-state index contributed by atoms with van der Waals surface area (Å²) < 4.78 is 5.25. The van der Waals surface area contributed by atoms with Crippen LogP contribution in [0.15, 0.2) is 18.2 Å². The first-order valence-corrected chi connectivity index (χ1v) is 6.96. The van der Waals surface area contributed by atoms with Crippen molar-refractivity contribution >= 4 is 0 Å². The first-order chi connectivity index (χ1) is 9.15. The second kappa shape index (κ2) is 4.25. The molecule has 1 unspecified atom stereocenters. The maximum absolute atomic E-state index is 11.0. The average molecular weight is 257 g/mol. The number of nitriles is 1. The van der Waals surface area contributed by atoms with Crippen LogP contribution in [0.25, 0.3) is 0 Å². The minimum Gasteiger partial charge on any atom is -0.497 e. The molecule has 1 aromatic carbocycles. The van der Waals surface area contributed by atoms with Gasteiger partial charge in [0.05, 0.1) is 18.8 Å². The number of fused-ring (bicyclic) bond motifs is 1. The molecule has 0 aliphatic heterocycles. The van der Waals surface area contributed by atoms with Gasteiger partial charge in [-0.3, -0.25) is 0 Å².